The van der Waals surface area contributed by atoms with Crippen LogP contribution in [-0.4, -0.2) is 37.0 Å². The van der Waals surface area contributed by atoms with Crippen LogP contribution in [0.5, 0.6) is 0 Å². The van der Waals surface area contributed by atoms with Gasteiger partial charge in [0.15, 0.2) is 0 Å². The van der Waals surface area contributed by atoms with Crippen molar-refractivity contribution in [3.05, 3.63) is 21.3 Å². The Balaban J connectivity index is 2.42. The zero-order valence-electron chi connectivity index (χ0n) is 8.71. The van der Waals surface area contributed by atoms with E-state index in [1.165, 1.54) is 4.88 Å². The Morgan fingerprint density at radius 2 is 2.27 bits per heavy atom. The summed E-state index contributed by atoms with van der Waals surface area (Å²) in [6.07, 6.45) is 0. The molecular weight excluding hydrogens is 298 g/mol. The standard InChI is InChI=1S/C10H15BrClNOS/c1-14-7-6-13(5-4-11)8-9-2-3-10(12)15-9/h2-3H,4-8H2,1H3. The van der Waals surface area contributed by atoms with Gasteiger partial charge < -0.3 is 4.74 Å². The fourth-order valence-corrected chi connectivity index (χ4v) is 2.90. The molecule has 15 heavy (non-hydrogen) atoms. The zero-order chi connectivity index (χ0) is 11.1. The Hall–Kier alpha value is 0.390. The van der Waals surface area contributed by atoms with Crippen LogP contribution < -0.4 is 0 Å². The normalized spacial score (nSPS) is 11.2. The van der Waals surface area contributed by atoms with Gasteiger partial charge in [-0.05, 0) is 12.1 Å². The smallest absolute Gasteiger partial charge is 0.0931 e. The number of alkyl halides is 1. The van der Waals surface area contributed by atoms with Gasteiger partial charge in [-0.1, -0.05) is 27.5 Å². The Bertz CT molecular complexity index is 282. The van der Waals surface area contributed by atoms with Gasteiger partial charge in [0.1, 0.15) is 0 Å². The summed E-state index contributed by atoms with van der Waals surface area (Å²) in [6.45, 7) is 3.70. The second-order valence-electron chi connectivity index (χ2n) is 3.16. The predicted molar refractivity (Wildman–Crippen MR) is 70.3 cm³/mol. The maximum absolute atomic E-state index is 5.89. The maximum atomic E-state index is 5.89. The Labute approximate surface area is 108 Å². The van der Waals surface area contributed by atoms with E-state index in [2.05, 4.69) is 26.9 Å². The molecule has 0 bridgehead atoms. The lowest BCUT2D eigenvalue weighted by Crippen LogP contribution is -2.28. The molecule has 0 saturated heterocycles. The third-order valence-corrected chi connectivity index (χ3v) is 3.59. The highest BCUT2D eigenvalue weighted by Gasteiger charge is 2.06. The lowest BCUT2D eigenvalue weighted by molar-refractivity contribution is 0.149. The first kappa shape index (κ1) is 13.5. The minimum atomic E-state index is 0.770. The first-order chi connectivity index (χ1) is 7.26. The van der Waals surface area contributed by atoms with Crippen molar-refractivity contribution in [2.24, 2.45) is 0 Å². The number of hydrogen-bond donors (Lipinski definition) is 0. The van der Waals surface area contributed by atoms with Crippen LogP contribution in [0.2, 0.25) is 4.34 Å². The van der Waals surface area contributed by atoms with E-state index in [-0.39, 0.29) is 0 Å². The van der Waals surface area contributed by atoms with E-state index in [0.717, 1.165) is 35.9 Å². The molecule has 5 heteroatoms. The van der Waals surface area contributed by atoms with E-state index in [0.29, 0.717) is 0 Å². The van der Waals surface area contributed by atoms with Crippen LogP contribution in [0.3, 0.4) is 0 Å². The highest BCUT2D eigenvalue weighted by Crippen LogP contribution is 2.22. The van der Waals surface area contributed by atoms with Gasteiger partial charge in [0.25, 0.3) is 0 Å². The fourth-order valence-electron chi connectivity index (χ4n) is 1.27. The Morgan fingerprint density at radius 3 is 2.80 bits per heavy atom. The minimum Gasteiger partial charge on any atom is -0.383 e. The average molecular weight is 313 g/mol. The van der Waals surface area contributed by atoms with Crippen molar-refractivity contribution >= 4 is 38.9 Å². The summed E-state index contributed by atoms with van der Waals surface area (Å²) >= 11 is 11.0. The number of ether oxygens (including phenoxy) is 1. The molecule has 1 heterocycles. The van der Waals surface area contributed by atoms with Gasteiger partial charge in [-0.25, -0.2) is 0 Å². The molecule has 1 aromatic rings. The second-order valence-corrected chi connectivity index (χ2v) is 5.76. The Kier molecular flexibility index (Phi) is 6.84. The van der Waals surface area contributed by atoms with Crippen LogP contribution in [-0.2, 0) is 11.3 Å². The molecule has 1 rings (SSSR count). The third kappa shape index (κ3) is 5.31. The van der Waals surface area contributed by atoms with E-state index in [1.54, 1.807) is 18.4 Å². The number of nitrogens with zero attached hydrogens (tertiary/aromatic N) is 1. The van der Waals surface area contributed by atoms with E-state index < -0.39 is 0 Å². The summed E-state index contributed by atoms with van der Waals surface area (Å²) in [4.78, 5) is 3.65. The monoisotopic (exact) mass is 311 g/mol. The number of thiophene rings is 1. The largest absolute Gasteiger partial charge is 0.383 e. The van der Waals surface area contributed by atoms with E-state index in [4.69, 9.17) is 16.3 Å². The molecule has 1 aromatic heterocycles. The SMILES string of the molecule is COCCN(CCBr)Cc1ccc(Cl)s1. The summed E-state index contributed by atoms with van der Waals surface area (Å²) in [5.41, 5.74) is 0. The molecule has 0 radical (unpaired) electrons. The zero-order valence-corrected chi connectivity index (χ0v) is 11.9. The lowest BCUT2D eigenvalue weighted by Gasteiger charge is -2.19. The highest BCUT2D eigenvalue weighted by atomic mass is 79.9. The summed E-state index contributed by atoms with van der Waals surface area (Å²) in [5.74, 6) is 0. The van der Waals surface area contributed by atoms with Gasteiger partial charge in [0, 0.05) is 37.0 Å². The predicted octanol–water partition coefficient (Wildman–Crippen LogP) is 3.24. The van der Waals surface area contributed by atoms with Gasteiger partial charge in [-0.2, -0.15) is 0 Å². The van der Waals surface area contributed by atoms with Crippen molar-refractivity contribution < 1.29 is 4.74 Å². The molecule has 0 saturated carbocycles. The molecule has 0 unspecified atom stereocenters. The van der Waals surface area contributed by atoms with E-state index >= 15 is 0 Å². The van der Waals surface area contributed by atoms with Gasteiger partial charge in [0.05, 0.1) is 10.9 Å². The minimum absolute atomic E-state index is 0.770. The number of halogens is 2. The molecule has 86 valence electrons. The maximum Gasteiger partial charge on any atom is 0.0931 e. The van der Waals surface area contributed by atoms with Crippen molar-refractivity contribution in [3.63, 3.8) is 0 Å². The van der Waals surface area contributed by atoms with Crippen LogP contribution in [0.4, 0.5) is 0 Å². The van der Waals surface area contributed by atoms with Crippen LogP contribution in [0.25, 0.3) is 0 Å². The lowest BCUT2D eigenvalue weighted by atomic mass is 10.4. The molecule has 0 amide bonds. The molecule has 0 N–H and O–H groups in total. The molecule has 2 nitrogen and oxygen atoms in total. The summed E-state index contributed by atoms with van der Waals surface area (Å²) in [6, 6.07) is 4.03. The summed E-state index contributed by atoms with van der Waals surface area (Å²) in [5, 5.41) is 0.982. The molecule has 0 spiro atoms. The topological polar surface area (TPSA) is 12.5 Å². The van der Waals surface area contributed by atoms with Gasteiger partial charge in [-0.15, -0.1) is 11.3 Å². The van der Waals surface area contributed by atoms with Crippen molar-refractivity contribution in [2.75, 3.05) is 32.1 Å². The van der Waals surface area contributed by atoms with Crippen LogP contribution >= 0.6 is 38.9 Å². The van der Waals surface area contributed by atoms with Gasteiger partial charge in [0.2, 0.25) is 0 Å². The summed E-state index contributed by atoms with van der Waals surface area (Å²) < 4.78 is 5.94. The van der Waals surface area contributed by atoms with Crippen molar-refractivity contribution in [3.8, 4) is 0 Å². The molecule has 0 aliphatic rings. The molecule has 0 fully saturated rings. The highest BCUT2D eigenvalue weighted by molar-refractivity contribution is 9.09. The van der Waals surface area contributed by atoms with Crippen molar-refractivity contribution in [1.29, 1.82) is 0 Å². The molecule has 0 aromatic carbocycles. The van der Waals surface area contributed by atoms with Crippen LogP contribution in [0.1, 0.15) is 4.88 Å². The second kappa shape index (κ2) is 7.63. The number of hydrogen-bond acceptors (Lipinski definition) is 3. The number of rotatable bonds is 7. The molecule has 0 aliphatic heterocycles. The first-order valence-corrected chi connectivity index (χ1v) is 7.09. The first-order valence-electron chi connectivity index (χ1n) is 4.77. The quantitative estimate of drug-likeness (QED) is 0.717. The molecular formula is C10H15BrClNOS. The van der Waals surface area contributed by atoms with Crippen molar-refractivity contribution in [1.82, 2.24) is 4.90 Å². The summed E-state index contributed by atoms with van der Waals surface area (Å²) in [7, 11) is 1.73. The Morgan fingerprint density at radius 1 is 1.47 bits per heavy atom. The van der Waals surface area contributed by atoms with Crippen LogP contribution in [0.15, 0.2) is 12.1 Å². The molecule has 0 atom stereocenters. The fraction of sp³-hybridized carbons (Fsp3) is 0.600. The van der Waals surface area contributed by atoms with E-state index in [1.807, 2.05) is 6.07 Å². The van der Waals surface area contributed by atoms with Crippen molar-refractivity contribution in [2.45, 2.75) is 6.54 Å². The van der Waals surface area contributed by atoms with E-state index in [9.17, 15) is 0 Å². The average Bonchev–Trinajstić information content (AvgIpc) is 2.61. The number of methoxy groups -OCH3 is 1. The molecule has 0 aliphatic carbocycles. The van der Waals surface area contributed by atoms with Gasteiger partial charge >= 0.3 is 0 Å². The van der Waals surface area contributed by atoms with Crippen LogP contribution in [0, 0.1) is 0 Å². The third-order valence-electron chi connectivity index (χ3n) is 2.02. The van der Waals surface area contributed by atoms with Gasteiger partial charge in [-0.3, -0.25) is 4.90 Å².